The Labute approximate surface area is 190 Å². The lowest BCUT2D eigenvalue weighted by Crippen LogP contribution is -2.41. The summed E-state index contributed by atoms with van der Waals surface area (Å²) < 4.78 is 14.7. The third-order valence-electron chi connectivity index (χ3n) is 6.31. The summed E-state index contributed by atoms with van der Waals surface area (Å²) in [7, 11) is 0. The molecule has 0 unspecified atom stereocenters. The Morgan fingerprint density at radius 3 is 2.42 bits per heavy atom. The molecule has 8 heteroatoms. The van der Waals surface area contributed by atoms with Gasteiger partial charge in [-0.3, -0.25) is 9.59 Å². The SMILES string of the molecule is O=C(c1ccccc1)N1CCC(C2=Nc3c(-c4ccc(F)cc4)c(CO)nn3C(=O)C2)CC1. The molecule has 33 heavy (non-hydrogen) atoms. The molecule has 3 heterocycles. The summed E-state index contributed by atoms with van der Waals surface area (Å²) in [6, 6.07) is 15.1. The first-order chi connectivity index (χ1) is 16.0. The van der Waals surface area contributed by atoms with E-state index in [9.17, 15) is 19.1 Å². The van der Waals surface area contributed by atoms with Crippen LogP contribution in [0.15, 0.2) is 59.6 Å². The second-order valence-corrected chi connectivity index (χ2v) is 8.33. The number of fused-ring (bicyclic) bond motifs is 1. The van der Waals surface area contributed by atoms with Gasteiger partial charge in [0.2, 0.25) is 0 Å². The number of halogens is 1. The summed E-state index contributed by atoms with van der Waals surface area (Å²) in [5, 5.41) is 14.1. The molecule has 7 nitrogen and oxygen atoms in total. The molecule has 1 aromatic heterocycles. The number of aromatic nitrogens is 2. The van der Waals surface area contributed by atoms with Crippen molar-refractivity contribution < 1.29 is 19.1 Å². The van der Waals surface area contributed by atoms with Gasteiger partial charge in [-0.1, -0.05) is 30.3 Å². The highest BCUT2D eigenvalue weighted by Crippen LogP contribution is 2.38. The average Bonchev–Trinajstić information content (AvgIpc) is 3.24. The Hall–Kier alpha value is -3.65. The molecular weight excluding hydrogens is 423 g/mol. The van der Waals surface area contributed by atoms with Gasteiger partial charge in [0.25, 0.3) is 11.8 Å². The average molecular weight is 446 g/mol. The molecule has 3 aromatic rings. The summed E-state index contributed by atoms with van der Waals surface area (Å²) >= 11 is 0. The van der Waals surface area contributed by atoms with Crippen molar-refractivity contribution in [3.63, 3.8) is 0 Å². The lowest BCUT2D eigenvalue weighted by atomic mass is 9.89. The molecule has 5 rings (SSSR count). The summed E-state index contributed by atoms with van der Waals surface area (Å²) in [5.41, 5.74) is 2.96. The Kier molecular flexibility index (Phi) is 5.60. The van der Waals surface area contributed by atoms with E-state index in [1.165, 1.54) is 16.8 Å². The molecule has 1 fully saturated rings. The number of benzene rings is 2. The number of rotatable bonds is 4. The number of hydrogen-bond donors (Lipinski definition) is 1. The molecule has 1 saturated heterocycles. The number of aliphatic hydroxyl groups excluding tert-OH is 1. The fourth-order valence-corrected chi connectivity index (χ4v) is 4.57. The highest BCUT2D eigenvalue weighted by molar-refractivity contribution is 6.08. The zero-order chi connectivity index (χ0) is 22.9. The maximum absolute atomic E-state index is 13.4. The number of aliphatic imine (C=N–C) groups is 1. The zero-order valence-corrected chi connectivity index (χ0v) is 17.9. The highest BCUT2D eigenvalue weighted by Gasteiger charge is 2.33. The Balaban J connectivity index is 1.40. The third-order valence-corrected chi connectivity index (χ3v) is 6.31. The van der Waals surface area contributed by atoms with E-state index in [1.807, 2.05) is 35.2 Å². The molecule has 0 saturated carbocycles. The van der Waals surface area contributed by atoms with Crippen LogP contribution < -0.4 is 0 Å². The number of likely N-dealkylation sites (tertiary alicyclic amines) is 1. The van der Waals surface area contributed by atoms with Gasteiger partial charge in [0, 0.05) is 30.3 Å². The molecule has 2 aliphatic rings. The largest absolute Gasteiger partial charge is 0.390 e. The minimum absolute atomic E-state index is 0.0139. The summed E-state index contributed by atoms with van der Waals surface area (Å²) in [5.74, 6) is -0.112. The van der Waals surface area contributed by atoms with Crippen LogP contribution >= 0.6 is 0 Å². The minimum Gasteiger partial charge on any atom is -0.390 e. The van der Waals surface area contributed by atoms with Gasteiger partial charge in [0.05, 0.1) is 24.3 Å². The zero-order valence-electron chi connectivity index (χ0n) is 17.9. The van der Waals surface area contributed by atoms with Crippen LogP contribution in [0.1, 0.15) is 40.1 Å². The topological polar surface area (TPSA) is 87.8 Å². The van der Waals surface area contributed by atoms with Crippen LogP contribution in [0, 0.1) is 11.7 Å². The van der Waals surface area contributed by atoms with E-state index in [0.29, 0.717) is 41.3 Å². The van der Waals surface area contributed by atoms with Crippen molar-refractivity contribution in [1.29, 1.82) is 0 Å². The van der Waals surface area contributed by atoms with Gasteiger partial charge < -0.3 is 10.0 Å². The number of hydrogen-bond acceptors (Lipinski definition) is 5. The first-order valence-corrected chi connectivity index (χ1v) is 11.0. The van der Waals surface area contributed by atoms with Gasteiger partial charge in [-0.25, -0.2) is 9.38 Å². The van der Waals surface area contributed by atoms with Crippen molar-refractivity contribution in [3.05, 3.63) is 71.7 Å². The standard InChI is InChI=1S/C25H23FN4O3/c26-19-8-6-17(7-9-19)23-21(15-31)28-30-22(32)14-20(27-24(23)30)16-10-12-29(13-11-16)25(33)18-4-2-1-3-5-18/h1-9,16,31H,10-15H2. The van der Waals surface area contributed by atoms with Crippen molar-refractivity contribution >= 4 is 23.3 Å². The van der Waals surface area contributed by atoms with Gasteiger partial charge in [-0.05, 0) is 42.7 Å². The Morgan fingerprint density at radius 2 is 1.76 bits per heavy atom. The first-order valence-electron chi connectivity index (χ1n) is 11.0. The van der Waals surface area contributed by atoms with Crippen LogP contribution in [0.25, 0.3) is 11.1 Å². The molecule has 2 aromatic carbocycles. The van der Waals surface area contributed by atoms with Crippen molar-refractivity contribution in [3.8, 4) is 11.1 Å². The minimum atomic E-state index is -0.373. The number of piperidine rings is 1. The van der Waals surface area contributed by atoms with E-state index >= 15 is 0 Å². The fourth-order valence-electron chi connectivity index (χ4n) is 4.57. The van der Waals surface area contributed by atoms with Crippen LogP contribution in [-0.4, -0.2) is 50.4 Å². The first kappa shape index (κ1) is 21.2. The number of carbonyl (C=O) groups is 2. The summed E-state index contributed by atoms with van der Waals surface area (Å²) in [6.45, 7) is 0.833. The van der Waals surface area contributed by atoms with Gasteiger partial charge in [-0.15, -0.1) is 0 Å². The maximum atomic E-state index is 13.4. The maximum Gasteiger partial charge on any atom is 0.254 e. The van der Waals surface area contributed by atoms with Gasteiger partial charge in [-0.2, -0.15) is 9.78 Å². The molecule has 0 spiro atoms. The molecule has 1 amide bonds. The van der Waals surface area contributed by atoms with E-state index in [-0.39, 0.29) is 36.6 Å². The molecule has 0 bridgehead atoms. The monoisotopic (exact) mass is 446 g/mol. The van der Waals surface area contributed by atoms with Crippen LogP contribution in [0.4, 0.5) is 10.2 Å². The van der Waals surface area contributed by atoms with Crippen LogP contribution in [0.3, 0.4) is 0 Å². The number of carbonyl (C=O) groups excluding carboxylic acids is 2. The summed E-state index contributed by atoms with van der Waals surface area (Å²) in [4.78, 5) is 32.3. The third kappa shape index (κ3) is 3.98. The molecule has 0 aliphatic carbocycles. The van der Waals surface area contributed by atoms with Crippen molar-refractivity contribution in [2.24, 2.45) is 10.9 Å². The second-order valence-electron chi connectivity index (χ2n) is 8.33. The lowest BCUT2D eigenvalue weighted by Gasteiger charge is -2.33. The van der Waals surface area contributed by atoms with E-state index < -0.39 is 0 Å². The van der Waals surface area contributed by atoms with Crippen LogP contribution in [-0.2, 0) is 6.61 Å². The molecule has 0 radical (unpaired) electrons. The molecule has 0 atom stereocenters. The lowest BCUT2D eigenvalue weighted by molar-refractivity contribution is 0.0707. The normalized spacial score (nSPS) is 16.5. The van der Waals surface area contributed by atoms with Crippen LogP contribution in [0.5, 0.6) is 0 Å². The second kappa shape index (κ2) is 8.71. The van der Waals surface area contributed by atoms with Gasteiger partial charge in [0.1, 0.15) is 5.82 Å². The highest BCUT2D eigenvalue weighted by atomic mass is 19.1. The number of nitrogens with zero attached hydrogens (tertiary/aromatic N) is 4. The Bertz CT molecular complexity index is 1230. The number of aliphatic hydroxyl groups is 1. The van der Waals surface area contributed by atoms with Crippen molar-refractivity contribution in [2.75, 3.05) is 13.1 Å². The number of amides is 1. The van der Waals surface area contributed by atoms with E-state index in [2.05, 4.69) is 5.10 Å². The van der Waals surface area contributed by atoms with E-state index in [1.54, 1.807) is 12.1 Å². The van der Waals surface area contributed by atoms with E-state index in [0.717, 1.165) is 18.6 Å². The predicted octanol–water partition coefficient (Wildman–Crippen LogP) is 3.85. The van der Waals surface area contributed by atoms with Crippen molar-refractivity contribution in [2.45, 2.75) is 25.9 Å². The van der Waals surface area contributed by atoms with Crippen LogP contribution in [0.2, 0.25) is 0 Å². The quantitative estimate of drug-likeness (QED) is 0.659. The Morgan fingerprint density at radius 1 is 1.06 bits per heavy atom. The predicted molar refractivity (Wildman–Crippen MR) is 121 cm³/mol. The molecular formula is C25H23FN4O3. The molecule has 1 N–H and O–H groups in total. The fraction of sp³-hybridized carbons (Fsp3) is 0.280. The molecule has 2 aliphatic heterocycles. The smallest absolute Gasteiger partial charge is 0.254 e. The van der Waals surface area contributed by atoms with Crippen molar-refractivity contribution in [1.82, 2.24) is 14.7 Å². The molecule has 168 valence electrons. The van der Waals surface area contributed by atoms with Gasteiger partial charge >= 0.3 is 0 Å². The van der Waals surface area contributed by atoms with E-state index in [4.69, 9.17) is 4.99 Å². The van der Waals surface area contributed by atoms with Gasteiger partial charge in [0.15, 0.2) is 5.82 Å². The summed E-state index contributed by atoms with van der Waals surface area (Å²) in [6.07, 6.45) is 1.59.